The van der Waals surface area contributed by atoms with Crippen LogP contribution in [0.25, 0.3) is 17.1 Å². The molecule has 0 aliphatic carbocycles. The maximum atomic E-state index is 5.94. The van der Waals surface area contributed by atoms with E-state index in [0.29, 0.717) is 16.5 Å². The first-order valence-electron chi connectivity index (χ1n) is 6.06. The summed E-state index contributed by atoms with van der Waals surface area (Å²) in [5.41, 5.74) is 9.39. The lowest BCUT2D eigenvalue weighted by Crippen LogP contribution is -2.00. The molecule has 1 aromatic heterocycles. The number of anilines is 1. The molecule has 0 saturated heterocycles. The highest BCUT2D eigenvalue weighted by molar-refractivity contribution is 6.30. The summed E-state index contributed by atoms with van der Waals surface area (Å²) in [7, 11) is 0. The van der Waals surface area contributed by atoms with Crippen LogP contribution in [0, 0.1) is 6.92 Å². The van der Waals surface area contributed by atoms with Gasteiger partial charge in [0.15, 0.2) is 5.82 Å². The quantitative estimate of drug-likeness (QED) is 0.735. The Kier molecular flexibility index (Phi) is 3.12. The summed E-state index contributed by atoms with van der Waals surface area (Å²) >= 11 is 5.89. The smallest absolute Gasteiger partial charge is 0.187 e. The van der Waals surface area contributed by atoms with Crippen LogP contribution in [0.3, 0.4) is 0 Å². The summed E-state index contributed by atoms with van der Waals surface area (Å²) in [6, 6.07) is 13.1. The molecule has 2 aromatic carbocycles. The number of aryl methyl sites for hydroxylation is 1. The number of nitrogens with two attached hydrogens (primary N) is 1. The molecule has 5 nitrogen and oxygen atoms in total. The molecule has 20 heavy (non-hydrogen) atoms. The van der Waals surface area contributed by atoms with Gasteiger partial charge in [-0.3, -0.25) is 0 Å². The van der Waals surface area contributed by atoms with Crippen LogP contribution in [0.5, 0.6) is 0 Å². The molecular weight excluding hydrogens is 274 g/mol. The molecule has 0 aliphatic heterocycles. The van der Waals surface area contributed by atoms with Crippen molar-refractivity contribution in [3.63, 3.8) is 0 Å². The molecule has 3 aromatic rings. The second-order valence-corrected chi connectivity index (χ2v) is 4.90. The zero-order chi connectivity index (χ0) is 14.1. The lowest BCUT2D eigenvalue weighted by Gasteiger charge is -2.06. The van der Waals surface area contributed by atoms with E-state index >= 15 is 0 Å². The van der Waals surface area contributed by atoms with Gasteiger partial charge >= 0.3 is 0 Å². The predicted molar refractivity (Wildman–Crippen MR) is 78.7 cm³/mol. The van der Waals surface area contributed by atoms with Gasteiger partial charge in [-0.2, -0.15) is 4.68 Å². The largest absolute Gasteiger partial charge is 0.398 e. The molecule has 0 spiro atoms. The first-order valence-corrected chi connectivity index (χ1v) is 6.44. The van der Waals surface area contributed by atoms with Gasteiger partial charge in [-0.25, -0.2) is 0 Å². The fraction of sp³-hybridized carbons (Fsp3) is 0.0714. The number of nitrogens with zero attached hydrogens (tertiary/aromatic N) is 4. The molecule has 0 saturated carbocycles. The topological polar surface area (TPSA) is 69.6 Å². The summed E-state index contributed by atoms with van der Waals surface area (Å²) in [6.45, 7) is 1.96. The minimum absolute atomic E-state index is 0.638. The van der Waals surface area contributed by atoms with Crippen LogP contribution in [0.4, 0.5) is 5.69 Å². The number of nitrogen functional groups attached to an aromatic ring is 1. The highest BCUT2D eigenvalue weighted by atomic mass is 35.5. The van der Waals surface area contributed by atoms with Gasteiger partial charge in [-0.05, 0) is 53.2 Å². The molecule has 0 radical (unpaired) electrons. The van der Waals surface area contributed by atoms with Crippen molar-refractivity contribution in [2.75, 3.05) is 5.73 Å². The first kappa shape index (κ1) is 12.6. The average molecular weight is 286 g/mol. The Hall–Kier alpha value is -2.40. The van der Waals surface area contributed by atoms with Gasteiger partial charge in [-0.15, -0.1) is 5.10 Å². The molecule has 0 amide bonds. The monoisotopic (exact) mass is 285 g/mol. The van der Waals surface area contributed by atoms with E-state index in [1.807, 2.05) is 37.3 Å². The SMILES string of the molecule is Cc1ccc(-c2nnnn2-c2ccc(Cl)cc2)cc1N. The van der Waals surface area contributed by atoms with Crippen molar-refractivity contribution in [2.45, 2.75) is 6.92 Å². The first-order chi connectivity index (χ1) is 9.65. The van der Waals surface area contributed by atoms with Crippen molar-refractivity contribution < 1.29 is 0 Å². The summed E-state index contributed by atoms with van der Waals surface area (Å²) in [4.78, 5) is 0. The van der Waals surface area contributed by atoms with Crippen molar-refractivity contribution in [1.82, 2.24) is 20.2 Å². The molecule has 2 N–H and O–H groups in total. The second-order valence-electron chi connectivity index (χ2n) is 4.46. The van der Waals surface area contributed by atoms with E-state index in [4.69, 9.17) is 17.3 Å². The van der Waals surface area contributed by atoms with Crippen molar-refractivity contribution in [1.29, 1.82) is 0 Å². The van der Waals surface area contributed by atoms with Crippen molar-refractivity contribution in [2.24, 2.45) is 0 Å². The molecule has 6 heteroatoms. The summed E-state index contributed by atoms with van der Waals surface area (Å²) in [5.74, 6) is 0.638. The minimum Gasteiger partial charge on any atom is -0.398 e. The van der Waals surface area contributed by atoms with Crippen molar-refractivity contribution in [3.05, 3.63) is 53.1 Å². The Bertz CT molecular complexity index is 749. The van der Waals surface area contributed by atoms with Gasteiger partial charge in [0.25, 0.3) is 0 Å². The van der Waals surface area contributed by atoms with Crippen LogP contribution < -0.4 is 5.73 Å². The van der Waals surface area contributed by atoms with Crippen LogP contribution in [0.15, 0.2) is 42.5 Å². The third-order valence-electron chi connectivity index (χ3n) is 3.08. The molecule has 0 atom stereocenters. The number of tetrazole rings is 1. The van der Waals surface area contributed by atoms with E-state index < -0.39 is 0 Å². The number of hydrogen-bond donors (Lipinski definition) is 1. The van der Waals surface area contributed by atoms with Gasteiger partial charge in [0.05, 0.1) is 5.69 Å². The minimum atomic E-state index is 0.638. The number of halogens is 1. The van der Waals surface area contributed by atoms with Gasteiger partial charge in [-0.1, -0.05) is 23.7 Å². The van der Waals surface area contributed by atoms with E-state index in [2.05, 4.69) is 15.5 Å². The Balaban J connectivity index is 2.10. The third kappa shape index (κ3) is 2.23. The number of hydrogen-bond acceptors (Lipinski definition) is 4. The molecule has 0 unspecified atom stereocenters. The van der Waals surface area contributed by atoms with Crippen LogP contribution in [0.1, 0.15) is 5.56 Å². The van der Waals surface area contributed by atoms with Gasteiger partial charge < -0.3 is 5.73 Å². The number of aromatic nitrogens is 4. The number of rotatable bonds is 2. The normalized spacial score (nSPS) is 10.7. The molecule has 1 heterocycles. The van der Waals surface area contributed by atoms with Gasteiger partial charge in [0, 0.05) is 16.3 Å². The van der Waals surface area contributed by atoms with E-state index in [-0.39, 0.29) is 0 Å². The highest BCUT2D eigenvalue weighted by Crippen LogP contribution is 2.23. The fourth-order valence-electron chi connectivity index (χ4n) is 1.90. The molecule has 0 fully saturated rings. The van der Waals surface area contributed by atoms with Crippen LogP contribution in [0.2, 0.25) is 5.02 Å². The lowest BCUT2D eigenvalue weighted by molar-refractivity contribution is 0.791. The van der Waals surface area contributed by atoms with Crippen LogP contribution >= 0.6 is 11.6 Å². The zero-order valence-corrected chi connectivity index (χ0v) is 11.5. The maximum Gasteiger partial charge on any atom is 0.187 e. The average Bonchev–Trinajstić information content (AvgIpc) is 2.92. The summed E-state index contributed by atoms with van der Waals surface area (Å²) < 4.78 is 1.65. The van der Waals surface area contributed by atoms with Crippen LogP contribution in [-0.4, -0.2) is 20.2 Å². The summed E-state index contributed by atoms with van der Waals surface area (Å²) in [5, 5.41) is 12.5. The molecule has 0 aliphatic rings. The molecular formula is C14H12ClN5. The van der Waals surface area contributed by atoms with Gasteiger partial charge in [0.1, 0.15) is 0 Å². The Morgan fingerprint density at radius 3 is 2.55 bits per heavy atom. The third-order valence-corrected chi connectivity index (χ3v) is 3.33. The van der Waals surface area contributed by atoms with Crippen molar-refractivity contribution in [3.8, 4) is 17.1 Å². The molecule has 3 rings (SSSR count). The zero-order valence-electron chi connectivity index (χ0n) is 10.8. The fourth-order valence-corrected chi connectivity index (χ4v) is 2.03. The van der Waals surface area contributed by atoms with E-state index in [1.54, 1.807) is 16.8 Å². The Labute approximate surface area is 121 Å². The van der Waals surface area contributed by atoms with Crippen molar-refractivity contribution >= 4 is 17.3 Å². The second kappa shape index (κ2) is 4.94. The van der Waals surface area contributed by atoms with E-state index in [9.17, 15) is 0 Å². The highest BCUT2D eigenvalue weighted by Gasteiger charge is 2.11. The van der Waals surface area contributed by atoms with Crippen LogP contribution in [-0.2, 0) is 0 Å². The maximum absolute atomic E-state index is 5.94. The molecule has 100 valence electrons. The lowest BCUT2D eigenvalue weighted by atomic mass is 10.1. The Morgan fingerprint density at radius 1 is 1.10 bits per heavy atom. The van der Waals surface area contributed by atoms with E-state index in [1.165, 1.54) is 0 Å². The summed E-state index contributed by atoms with van der Waals surface area (Å²) in [6.07, 6.45) is 0. The standard InChI is InChI=1S/C14H12ClN5/c1-9-2-3-10(8-13(9)16)14-17-18-19-20(14)12-6-4-11(15)5-7-12/h2-8H,16H2,1H3. The predicted octanol–water partition coefficient (Wildman–Crippen LogP) is 2.87. The van der Waals surface area contributed by atoms with E-state index in [0.717, 1.165) is 16.8 Å². The molecule has 0 bridgehead atoms. The number of benzene rings is 2. The van der Waals surface area contributed by atoms with Gasteiger partial charge in [0.2, 0.25) is 0 Å². The Morgan fingerprint density at radius 2 is 1.85 bits per heavy atom.